The molecule has 20 heavy (non-hydrogen) atoms. The van der Waals surface area contributed by atoms with Gasteiger partial charge in [0.2, 0.25) is 5.91 Å². The number of nitrogens with two attached hydrogens (primary N) is 1. The van der Waals surface area contributed by atoms with Crippen LogP contribution in [0.25, 0.3) is 0 Å². The summed E-state index contributed by atoms with van der Waals surface area (Å²) < 4.78 is 22.9. The lowest BCUT2D eigenvalue weighted by molar-refractivity contribution is -0.130. The molecule has 5 nitrogen and oxygen atoms in total. The average Bonchev–Trinajstić information content (AvgIpc) is 2.78. The molecule has 1 fully saturated rings. The Hall–Kier alpha value is -1.40. The van der Waals surface area contributed by atoms with Gasteiger partial charge in [0.15, 0.2) is 9.84 Å². The van der Waals surface area contributed by atoms with E-state index in [1.807, 2.05) is 24.3 Å². The molecule has 2 rings (SSSR count). The van der Waals surface area contributed by atoms with E-state index < -0.39 is 9.84 Å². The van der Waals surface area contributed by atoms with Crippen molar-refractivity contribution in [1.82, 2.24) is 4.90 Å². The quantitative estimate of drug-likeness (QED) is 0.868. The van der Waals surface area contributed by atoms with E-state index in [0.717, 1.165) is 11.1 Å². The van der Waals surface area contributed by atoms with Gasteiger partial charge in [-0.3, -0.25) is 4.79 Å². The van der Waals surface area contributed by atoms with Gasteiger partial charge in [-0.25, -0.2) is 8.42 Å². The molecule has 110 valence electrons. The maximum Gasteiger partial charge on any atom is 0.227 e. The molecule has 1 aliphatic rings. The van der Waals surface area contributed by atoms with E-state index >= 15 is 0 Å². The van der Waals surface area contributed by atoms with Gasteiger partial charge in [-0.05, 0) is 17.5 Å². The summed E-state index contributed by atoms with van der Waals surface area (Å²) in [5.41, 5.74) is 7.52. The Morgan fingerprint density at radius 1 is 1.35 bits per heavy atom. The molecule has 0 aromatic heterocycles. The number of rotatable bonds is 4. The Labute approximate surface area is 119 Å². The first-order valence-corrected chi connectivity index (χ1v) is 8.48. The summed E-state index contributed by atoms with van der Waals surface area (Å²) in [7, 11) is -1.29. The van der Waals surface area contributed by atoms with Gasteiger partial charge in [-0.15, -0.1) is 0 Å². The second-order valence-electron chi connectivity index (χ2n) is 5.21. The fourth-order valence-corrected chi connectivity index (χ4v) is 4.28. The Morgan fingerprint density at radius 3 is 2.55 bits per heavy atom. The number of sulfone groups is 1. The largest absolute Gasteiger partial charge is 0.341 e. The van der Waals surface area contributed by atoms with Crippen molar-refractivity contribution in [2.24, 2.45) is 5.73 Å². The van der Waals surface area contributed by atoms with E-state index in [9.17, 15) is 13.2 Å². The molecule has 1 unspecified atom stereocenters. The molecular formula is C14H20N2O3S. The highest BCUT2D eigenvalue weighted by molar-refractivity contribution is 7.91. The highest BCUT2D eigenvalue weighted by atomic mass is 32.2. The topological polar surface area (TPSA) is 80.5 Å². The smallest absolute Gasteiger partial charge is 0.227 e. The van der Waals surface area contributed by atoms with Crippen molar-refractivity contribution in [3.8, 4) is 0 Å². The van der Waals surface area contributed by atoms with Crippen LogP contribution in [0.5, 0.6) is 0 Å². The number of nitrogens with zero attached hydrogens (tertiary/aromatic N) is 1. The van der Waals surface area contributed by atoms with Crippen LogP contribution in [0.4, 0.5) is 0 Å². The minimum absolute atomic E-state index is 0.0620. The van der Waals surface area contributed by atoms with Crippen LogP contribution in [-0.4, -0.2) is 43.8 Å². The van der Waals surface area contributed by atoms with Crippen LogP contribution in [0.2, 0.25) is 0 Å². The highest BCUT2D eigenvalue weighted by Crippen LogP contribution is 2.18. The van der Waals surface area contributed by atoms with E-state index in [4.69, 9.17) is 5.73 Å². The summed E-state index contributed by atoms with van der Waals surface area (Å²) in [6.45, 7) is 0.394. The fourth-order valence-electron chi connectivity index (χ4n) is 2.50. The highest BCUT2D eigenvalue weighted by Gasteiger charge is 2.32. The minimum atomic E-state index is -2.97. The van der Waals surface area contributed by atoms with Gasteiger partial charge in [0, 0.05) is 19.6 Å². The van der Waals surface area contributed by atoms with Gasteiger partial charge in [-0.2, -0.15) is 0 Å². The molecule has 1 aromatic carbocycles. The number of carbonyl (C=O) groups is 1. The summed E-state index contributed by atoms with van der Waals surface area (Å²) in [5.74, 6) is 0.190. The van der Waals surface area contributed by atoms with Crippen molar-refractivity contribution in [2.45, 2.75) is 25.4 Å². The zero-order valence-corrected chi connectivity index (χ0v) is 12.4. The summed E-state index contributed by atoms with van der Waals surface area (Å²) in [4.78, 5) is 13.8. The lowest BCUT2D eigenvalue weighted by Crippen LogP contribution is -2.38. The van der Waals surface area contributed by atoms with Crippen LogP contribution in [0, 0.1) is 0 Å². The van der Waals surface area contributed by atoms with Gasteiger partial charge in [0.25, 0.3) is 0 Å². The molecule has 1 amide bonds. The SMILES string of the molecule is CN(C(=O)Cc1ccccc1CN)C1CCS(=O)(=O)C1. The maximum absolute atomic E-state index is 12.3. The summed E-state index contributed by atoms with van der Waals surface area (Å²) in [6.07, 6.45) is 0.795. The number of carbonyl (C=O) groups excluding carboxylic acids is 1. The second kappa shape index (κ2) is 5.93. The Kier molecular flexibility index (Phi) is 4.45. The predicted molar refractivity (Wildman–Crippen MR) is 77.9 cm³/mol. The molecule has 0 spiro atoms. The number of amides is 1. The summed E-state index contributed by atoms with van der Waals surface area (Å²) in [5, 5.41) is 0. The molecule has 0 radical (unpaired) electrons. The first-order chi connectivity index (χ1) is 9.43. The number of hydrogen-bond donors (Lipinski definition) is 1. The molecule has 1 aromatic rings. The third kappa shape index (κ3) is 3.37. The monoisotopic (exact) mass is 296 g/mol. The van der Waals surface area contributed by atoms with Gasteiger partial charge in [0.1, 0.15) is 0 Å². The van der Waals surface area contributed by atoms with Crippen molar-refractivity contribution in [3.05, 3.63) is 35.4 Å². The molecule has 1 aliphatic heterocycles. The van der Waals surface area contributed by atoms with Crippen LogP contribution in [0.1, 0.15) is 17.5 Å². The molecular weight excluding hydrogens is 276 g/mol. The molecule has 0 saturated carbocycles. The van der Waals surface area contributed by atoms with E-state index in [1.165, 1.54) is 0 Å². The normalized spacial score (nSPS) is 20.8. The van der Waals surface area contributed by atoms with Crippen LogP contribution >= 0.6 is 0 Å². The number of hydrogen-bond acceptors (Lipinski definition) is 4. The first-order valence-electron chi connectivity index (χ1n) is 6.66. The number of benzene rings is 1. The molecule has 2 N–H and O–H groups in total. The molecule has 0 bridgehead atoms. The van der Waals surface area contributed by atoms with Crippen molar-refractivity contribution in [2.75, 3.05) is 18.6 Å². The van der Waals surface area contributed by atoms with Gasteiger partial charge in [-0.1, -0.05) is 24.3 Å². The van der Waals surface area contributed by atoms with E-state index in [2.05, 4.69) is 0 Å². The van der Waals surface area contributed by atoms with Crippen molar-refractivity contribution in [1.29, 1.82) is 0 Å². The van der Waals surface area contributed by atoms with Crippen LogP contribution in [-0.2, 0) is 27.6 Å². The van der Waals surface area contributed by atoms with E-state index in [-0.39, 0.29) is 29.9 Å². The lowest BCUT2D eigenvalue weighted by Gasteiger charge is -2.23. The molecule has 0 aliphatic carbocycles. The zero-order valence-electron chi connectivity index (χ0n) is 11.6. The predicted octanol–water partition coefficient (Wildman–Crippen LogP) is 0.333. The lowest BCUT2D eigenvalue weighted by atomic mass is 10.0. The zero-order chi connectivity index (χ0) is 14.8. The van der Waals surface area contributed by atoms with Gasteiger partial charge >= 0.3 is 0 Å². The summed E-state index contributed by atoms with van der Waals surface area (Å²) in [6, 6.07) is 7.37. The average molecular weight is 296 g/mol. The van der Waals surface area contributed by atoms with E-state index in [1.54, 1.807) is 11.9 Å². The molecule has 1 heterocycles. The molecule has 1 saturated heterocycles. The van der Waals surface area contributed by atoms with Crippen molar-refractivity contribution < 1.29 is 13.2 Å². The second-order valence-corrected chi connectivity index (χ2v) is 7.44. The third-order valence-corrected chi connectivity index (χ3v) is 5.58. The first kappa shape index (κ1) is 15.0. The summed E-state index contributed by atoms with van der Waals surface area (Å²) >= 11 is 0. The van der Waals surface area contributed by atoms with Gasteiger partial charge < -0.3 is 10.6 Å². The molecule has 6 heteroatoms. The van der Waals surface area contributed by atoms with Gasteiger partial charge in [0.05, 0.1) is 17.9 Å². The third-order valence-electron chi connectivity index (χ3n) is 3.83. The van der Waals surface area contributed by atoms with E-state index in [0.29, 0.717) is 13.0 Å². The fraction of sp³-hybridized carbons (Fsp3) is 0.500. The Morgan fingerprint density at radius 2 is 2.00 bits per heavy atom. The van der Waals surface area contributed by atoms with Crippen LogP contribution < -0.4 is 5.73 Å². The van der Waals surface area contributed by atoms with Crippen LogP contribution in [0.3, 0.4) is 0 Å². The standard InChI is InChI=1S/C14H20N2O3S/c1-16(13-6-7-20(18,19)10-13)14(17)8-11-4-2-3-5-12(11)9-15/h2-5,13H,6-10,15H2,1H3. The van der Waals surface area contributed by atoms with Crippen LogP contribution in [0.15, 0.2) is 24.3 Å². The number of likely N-dealkylation sites (N-methyl/N-ethyl adjacent to an activating group) is 1. The van der Waals surface area contributed by atoms with Crippen molar-refractivity contribution >= 4 is 15.7 Å². The Bertz CT molecular complexity index is 598. The van der Waals surface area contributed by atoms with Crippen molar-refractivity contribution in [3.63, 3.8) is 0 Å². The Balaban J connectivity index is 2.05. The molecule has 1 atom stereocenters. The minimum Gasteiger partial charge on any atom is -0.341 e. The maximum atomic E-state index is 12.3.